The van der Waals surface area contributed by atoms with Crippen LogP contribution in [0.3, 0.4) is 0 Å². The first-order valence-corrected chi connectivity index (χ1v) is 10.3. The summed E-state index contributed by atoms with van der Waals surface area (Å²) >= 11 is 2.35. The van der Waals surface area contributed by atoms with Gasteiger partial charge in [0.15, 0.2) is 10.8 Å². The van der Waals surface area contributed by atoms with E-state index in [-0.39, 0.29) is 65.6 Å². The zero-order valence-corrected chi connectivity index (χ0v) is 20.4. The monoisotopic (exact) mass is 479 g/mol. The fourth-order valence-corrected chi connectivity index (χ4v) is 4.76. The smallest absolute Gasteiger partial charge is 1.00 e. The summed E-state index contributed by atoms with van der Waals surface area (Å²) < 4.78 is 4.88. The van der Waals surface area contributed by atoms with E-state index in [2.05, 4.69) is 20.3 Å². The Morgan fingerprint density at radius 3 is 2.74 bits per heavy atom. The average molecular weight is 479 g/mol. The van der Waals surface area contributed by atoms with Crippen molar-refractivity contribution in [3.8, 4) is 0 Å². The Labute approximate surface area is 208 Å². The predicted molar refractivity (Wildman–Crippen MR) is 108 cm³/mol. The number of β-lactam (4-membered cyclic amide) rings is 1. The quantitative estimate of drug-likeness (QED) is 0.117. The molecule has 0 bridgehead atoms. The number of nitrogens with zero attached hydrogens (tertiary/aromatic N) is 3. The van der Waals surface area contributed by atoms with Crippen molar-refractivity contribution in [3.05, 3.63) is 22.3 Å². The molecule has 12 nitrogen and oxygen atoms in total. The van der Waals surface area contributed by atoms with Gasteiger partial charge in [-0.15, -0.1) is 23.1 Å². The Morgan fingerprint density at radius 2 is 2.19 bits per heavy atom. The van der Waals surface area contributed by atoms with Crippen LogP contribution >= 0.6 is 23.1 Å². The molecule has 0 aliphatic carbocycles. The first-order valence-electron chi connectivity index (χ1n) is 8.41. The number of ether oxygens (including phenoxy) is 1. The SMILES string of the molecule is CO/N=C(\C(=O)N[C@@H]1C(=O)N2C(C(=O)O)=C(COC(C)=O)CS[C@H]12)c1csc(N)n1.[H-].[Na+]. The number of thioether (sulfide) groups is 1. The van der Waals surface area contributed by atoms with Crippen molar-refractivity contribution in [1.82, 2.24) is 15.2 Å². The van der Waals surface area contributed by atoms with Gasteiger partial charge in [0.25, 0.3) is 11.8 Å². The van der Waals surface area contributed by atoms with Crippen LogP contribution in [-0.4, -0.2) is 75.3 Å². The molecule has 2 aliphatic rings. The van der Waals surface area contributed by atoms with E-state index < -0.39 is 35.2 Å². The molecule has 0 unspecified atom stereocenters. The van der Waals surface area contributed by atoms with Crippen molar-refractivity contribution in [2.45, 2.75) is 18.3 Å². The molecular weight excluding hydrogens is 461 g/mol. The van der Waals surface area contributed by atoms with Crippen LogP contribution in [0.2, 0.25) is 0 Å². The third kappa shape index (κ3) is 5.20. The molecule has 3 rings (SSSR count). The third-order valence-corrected chi connectivity index (χ3v) is 6.16. The van der Waals surface area contributed by atoms with E-state index in [0.717, 1.165) is 16.2 Å². The molecule has 3 heterocycles. The Balaban J connectivity index is 0.00000256. The molecule has 15 heteroatoms. The molecule has 2 aliphatic heterocycles. The van der Waals surface area contributed by atoms with Gasteiger partial charge in [-0.3, -0.25) is 19.3 Å². The summed E-state index contributed by atoms with van der Waals surface area (Å²) in [5, 5.41) is 16.9. The number of rotatable bonds is 7. The Bertz CT molecular complexity index is 986. The number of thiazole rings is 1. The van der Waals surface area contributed by atoms with E-state index in [1.54, 1.807) is 0 Å². The summed E-state index contributed by atoms with van der Waals surface area (Å²) in [6, 6.07) is -0.967. The van der Waals surface area contributed by atoms with Crippen LogP contribution in [0.5, 0.6) is 0 Å². The number of aliphatic carboxylic acids is 1. The van der Waals surface area contributed by atoms with Crippen LogP contribution in [-0.2, 0) is 28.8 Å². The van der Waals surface area contributed by atoms with Gasteiger partial charge in [0, 0.05) is 23.6 Å². The van der Waals surface area contributed by atoms with Gasteiger partial charge < -0.3 is 27.2 Å². The molecule has 0 spiro atoms. The molecule has 1 fully saturated rings. The molecule has 1 saturated heterocycles. The van der Waals surface area contributed by atoms with Crippen molar-refractivity contribution in [2.75, 3.05) is 25.2 Å². The van der Waals surface area contributed by atoms with Gasteiger partial charge in [0.2, 0.25) is 0 Å². The molecule has 0 aromatic carbocycles. The Hall–Kier alpha value is -2.13. The van der Waals surface area contributed by atoms with E-state index in [0.29, 0.717) is 5.57 Å². The number of amides is 2. The topological polar surface area (TPSA) is 174 Å². The number of nitrogen functional groups attached to an aromatic ring is 1. The summed E-state index contributed by atoms with van der Waals surface area (Å²) in [7, 11) is 1.25. The first kappa shape index (κ1) is 25.1. The fourth-order valence-electron chi connectivity index (χ4n) is 2.88. The zero-order chi connectivity index (χ0) is 22.0. The minimum absolute atomic E-state index is 0. The standard InChI is InChI=1S/C16H17N5O7S2.Na.H/c1-6(22)28-3-7-4-29-14-10(13(24)21(14)11(7)15(25)26)19-12(23)9(20-27-2)8-5-30-16(17)18-8;;/h5,10,14H,3-4H2,1-2H3,(H2,17,18)(H,19,23)(H,25,26);;/q;+1;-1/b20-9-;;/t10-,14-;;/m1../s1. The zero-order valence-electron chi connectivity index (χ0n) is 17.8. The summed E-state index contributed by atoms with van der Waals surface area (Å²) in [5.74, 6) is -2.98. The molecule has 4 N–H and O–H groups in total. The molecule has 2 amide bonds. The molecule has 0 saturated carbocycles. The molecule has 162 valence electrons. The van der Waals surface area contributed by atoms with Crippen molar-refractivity contribution >= 4 is 57.7 Å². The molecule has 1 aromatic rings. The Morgan fingerprint density at radius 1 is 1.48 bits per heavy atom. The van der Waals surface area contributed by atoms with Gasteiger partial charge in [-0.05, 0) is 0 Å². The second kappa shape index (κ2) is 10.5. The average Bonchev–Trinajstić information content (AvgIpc) is 3.13. The number of nitrogens with one attached hydrogen (secondary N) is 1. The third-order valence-electron chi connectivity index (χ3n) is 4.15. The number of carbonyl (C=O) groups excluding carboxylic acids is 3. The van der Waals surface area contributed by atoms with Gasteiger partial charge in [0.05, 0.1) is 0 Å². The number of oxime groups is 1. The number of nitrogens with two attached hydrogens (primary N) is 1. The van der Waals surface area contributed by atoms with Crippen LogP contribution in [0.1, 0.15) is 14.0 Å². The summed E-state index contributed by atoms with van der Waals surface area (Å²) in [4.78, 5) is 57.8. The summed E-state index contributed by atoms with van der Waals surface area (Å²) in [6.07, 6.45) is 0. The van der Waals surface area contributed by atoms with Crippen molar-refractivity contribution in [3.63, 3.8) is 0 Å². The molecule has 2 atom stereocenters. The van der Waals surface area contributed by atoms with Crippen LogP contribution in [0.15, 0.2) is 21.8 Å². The van der Waals surface area contributed by atoms with Crippen LogP contribution in [0, 0.1) is 0 Å². The fraction of sp³-hybridized carbons (Fsp3) is 0.375. The minimum Gasteiger partial charge on any atom is -1.00 e. The number of esters is 1. The van der Waals surface area contributed by atoms with Crippen LogP contribution in [0.4, 0.5) is 5.13 Å². The number of anilines is 1. The summed E-state index contributed by atoms with van der Waals surface area (Å²) in [5.41, 5.74) is 5.67. The van der Waals surface area contributed by atoms with Gasteiger partial charge in [-0.2, -0.15) is 0 Å². The second-order valence-electron chi connectivity index (χ2n) is 6.09. The largest absolute Gasteiger partial charge is 1.00 e. The second-order valence-corrected chi connectivity index (χ2v) is 8.09. The van der Waals surface area contributed by atoms with E-state index in [1.165, 1.54) is 31.2 Å². The molecule has 0 radical (unpaired) electrons. The molecular formula is C16H18N5NaO7S2. The minimum atomic E-state index is -1.32. The number of carboxylic acid groups (broad SMARTS) is 1. The van der Waals surface area contributed by atoms with Gasteiger partial charge in [-0.25, -0.2) is 9.78 Å². The number of carboxylic acids is 1. The van der Waals surface area contributed by atoms with Gasteiger partial charge in [-0.1, -0.05) is 5.16 Å². The number of fused-ring (bicyclic) bond motifs is 1. The first-order chi connectivity index (χ1) is 14.2. The van der Waals surface area contributed by atoms with E-state index >= 15 is 0 Å². The van der Waals surface area contributed by atoms with Gasteiger partial charge in [0.1, 0.15) is 36.5 Å². The number of hydrogen-bond donors (Lipinski definition) is 3. The van der Waals surface area contributed by atoms with Crippen LogP contribution in [0.25, 0.3) is 0 Å². The van der Waals surface area contributed by atoms with Crippen molar-refractivity contribution in [1.29, 1.82) is 0 Å². The molecule has 31 heavy (non-hydrogen) atoms. The molecule has 1 aromatic heterocycles. The maximum absolute atomic E-state index is 12.7. The van der Waals surface area contributed by atoms with Gasteiger partial charge >= 0.3 is 41.5 Å². The van der Waals surface area contributed by atoms with Crippen molar-refractivity contribution < 1.29 is 64.8 Å². The summed E-state index contributed by atoms with van der Waals surface area (Å²) in [6.45, 7) is 0.975. The number of carbonyl (C=O) groups is 4. The number of aromatic nitrogens is 1. The van der Waals surface area contributed by atoms with E-state index in [9.17, 15) is 24.3 Å². The number of hydrogen-bond acceptors (Lipinski definition) is 11. The van der Waals surface area contributed by atoms with Crippen LogP contribution < -0.4 is 40.6 Å². The van der Waals surface area contributed by atoms with E-state index in [1.807, 2.05) is 0 Å². The predicted octanol–water partition coefficient (Wildman–Crippen LogP) is -3.51. The van der Waals surface area contributed by atoms with Crippen molar-refractivity contribution in [2.24, 2.45) is 5.16 Å². The maximum Gasteiger partial charge on any atom is 1.00 e. The Kier molecular flexibility index (Phi) is 8.48. The maximum atomic E-state index is 12.7. The van der Waals surface area contributed by atoms with E-state index in [4.69, 9.17) is 10.5 Å². The normalized spacial score (nSPS) is 20.3.